The lowest BCUT2D eigenvalue weighted by Gasteiger charge is -2.24. The first-order valence-electron chi connectivity index (χ1n) is 9.60. The van der Waals surface area contributed by atoms with Gasteiger partial charge >= 0.3 is 6.09 Å². The largest absolute Gasteiger partial charge is 0.444 e. The van der Waals surface area contributed by atoms with Gasteiger partial charge in [0.1, 0.15) is 23.4 Å². The molecule has 0 spiro atoms. The Labute approximate surface area is 177 Å². The van der Waals surface area contributed by atoms with Crippen molar-refractivity contribution in [2.75, 3.05) is 4.90 Å². The molecule has 2 unspecified atom stereocenters. The molecule has 2 aromatic rings. The maximum absolute atomic E-state index is 13.0. The maximum atomic E-state index is 13.0. The van der Waals surface area contributed by atoms with E-state index in [-0.39, 0.29) is 18.5 Å². The fourth-order valence-corrected chi connectivity index (χ4v) is 4.12. The summed E-state index contributed by atoms with van der Waals surface area (Å²) in [7, 11) is 0. The number of para-hydroxylation sites is 1. The highest BCUT2D eigenvalue weighted by atomic mass is 79.9. The highest BCUT2D eigenvalue weighted by molar-refractivity contribution is 9.18. The second-order valence-electron chi connectivity index (χ2n) is 7.16. The fraction of sp³-hybridized carbons (Fsp3) is 0.318. The third kappa shape index (κ3) is 4.50. The molecule has 0 aromatic heterocycles. The molecule has 0 saturated heterocycles. The number of halogens is 1. The van der Waals surface area contributed by atoms with E-state index in [1.165, 1.54) is 4.90 Å². The first-order valence-corrected chi connectivity index (χ1v) is 10.4. The monoisotopic (exact) mass is 456 g/mol. The van der Waals surface area contributed by atoms with E-state index in [4.69, 9.17) is 9.57 Å². The second kappa shape index (κ2) is 8.78. The Morgan fingerprint density at radius 1 is 1.10 bits per heavy atom. The van der Waals surface area contributed by atoms with Crippen molar-refractivity contribution in [3.8, 4) is 0 Å². The molecule has 2 aliphatic rings. The SMILES string of the molecule is O=C(CCC1CC(Br)=NO1)C1Cc2ccccc2N1C(=O)OCc1ccccc1. The van der Waals surface area contributed by atoms with Crippen molar-refractivity contribution in [1.29, 1.82) is 0 Å². The zero-order chi connectivity index (χ0) is 20.2. The molecule has 7 heteroatoms. The van der Waals surface area contributed by atoms with Crippen LogP contribution in [0.25, 0.3) is 0 Å². The van der Waals surface area contributed by atoms with Crippen LogP contribution in [0.2, 0.25) is 0 Å². The van der Waals surface area contributed by atoms with Gasteiger partial charge in [-0.3, -0.25) is 9.69 Å². The average Bonchev–Trinajstić information content (AvgIpc) is 3.34. The van der Waals surface area contributed by atoms with Gasteiger partial charge in [-0.2, -0.15) is 0 Å². The van der Waals surface area contributed by atoms with Crippen LogP contribution in [0.15, 0.2) is 59.8 Å². The van der Waals surface area contributed by atoms with Crippen LogP contribution >= 0.6 is 15.9 Å². The van der Waals surface area contributed by atoms with E-state index in [0.29, 0.717) is 25.7 Å². The molecule has 1 amide bonds. The number of ether oxygens (including phenoxy) is 1. The predicted octanol–water partition coefficient (Wildman–Crippen LogP) is 4.60. The quantitative estimate of drug-likeness (QED) is 0.636. The zero-order valence-electron chi connectivity index (χ0n) is 15.8. The van der Waals surface area contributed by atoms with E-state index in [2.05, 4.69) is 21.1 Å². The Hall–Kier alpha value is -2.67. The van der Waals surface area contributed by atoms with E-state index >= 15 is 0 Å². The van der Waals surface area contributed by atoms with E-state index in [9.17, 15) is 9.59 Å². The molecule has 0 fully saturated rings. The van der Waals surface area contributed by atoms with Gasteiger partial charge in [-0.05, 0) is 39.5 Å². The number of rotatable bonds is 6. The summed E-state index contributed by atoms with van der Waals surface area (Å²) in [6.07, 6.45) is 1.46. The van der Waals surface area contributed by atoms with Crippen molar-refractivity contribution in [3.05, 3.63) is 65.7 Å². The highest BCUT2D eigenvalue weighted by Crippen LogP contribution is 2.34. The zero-order valence-corrected chi connectivity index (χ0v) is 17.4. The summed E-state index contributed by atoms with van der Waals surface area (Å²) in [4.78, 5) is 32.7. The Bertz CT molecular complexity index is 931. The van der Waals surface area contributed by atoms with Crippen molar-refractivity contribution >= 4 is 38.1 Å². The number of amides is 1. The number of anilines is 1. The van der Waals surface area contributed by atoms with Crippen LogP contribution in [0.5, 0.6) is 0 Å². The van der Waals surface area contributed by atoms with Crippen LogP contribution < -0.4 is 4.90 Å². The van der Waals surface area contributed by atoms with Crippen molar-refractivity contribution in [3.63, 3.8) is 0 Å². The van der Waals surface area contributed by atoms with Crippen LogP contribution in [0.3, 0.4) is 0 Å². The van der Waals surface area contributed by atoms with Crippen LogP contribution in [-0.4, -0.2) is 28.6 Å². The molecule has 0 saturated carbocycles. The Kier molecular flexibility index (Phi) is 5.94. The number of Topliss-reactive ketones (excluding diaryl/α,β-unsaturated/α-hetero) is 1. The molecule has 0 radical (unpaired) electrons. The Morgan fingerprint density at radius 3 is 2.62 bits per heavy atom. The van der Waals surface area contributed by atoms with Crippen LogP contribution in [0.4, 0.5) is 10.5 Å². The first kappa shape index (κ1) is 19.6. The van der Waals surface area contributed by atoms with Crippen molar-refractivity contribution in [2.45, 2.75) is 44.4 Å². The minimum Gasteiger partial charge on any atom is -0.444 e. The Morgan fingerprint density at radius 2 is 1.86 bits per heavy atom. The molecule has 0 aliphatic carbocycles. The summed E-state index contributed by atoms with van der Waals surface area (Å²) < 4.78 is 6.29. The van der Waals surface area contributed by atoms with Crippen LogP contribution in [0.1, 0.15) is 30.4 Å². The third-order valence-corrected chi connectivity index (χ3v) is 5.63. The normalized spacial score (nSPS) is 20.0. The Balaban J connectivity index is 1.44. The number of benzene rings is 2. The predicted molar refractivity (Wildman–Crippen MR) is 113 cm³/mol. The van der Waals surface area contributed by atoms with Gasteiger partial charge in [-0.15, -0.1) is 0 Å². The molecule has 29 heavy (non-hydrogen) atoms. The van der Waals surface area contributed by atoms with Gasteiger partial charge in [0.25, 0.3) is 0 Å². The number of nitrogens with zero attached hydrogens (tertiary/aromatic N) is 2. The number of carbonyl (C=O) groups excluding carboxylic acids is 2. The first-order chi connectivity index (χ1) is 14.1. The molecule has 6 nitrogen and oxygen atoms in total. The molecule has 2 heterocycles. The fourth-order valence-electron chi connectivity index (χ4n) is 3.68. The third-order valence-electron chi connectivity index (χ3n) is 5.16. The van der Waals surface area contributed by atoms with E-state index < -0.39 is 12.1 Å². The lowest BCUT2D eigenvalue weighted by molar-refractivity contribution is -0.120. The van der Waals surface area contributed by atoms with Gasteiger partial charge in [0, 0.05) is 19.3 Å². The molecular formula is C22H21BrN2O4. The molecule has 2 atom stereocenters. The highest BCUT2D eigenvalue weighted by Gasteiger charge is 2.39. The molecule has 0 N–H and O–H groups in total. The van der Waals surface area contributed by atoms with Gasteiger partial charge < -0.3 is 9.57 Å². The van der Waals surface area contributed by atoms with Crippen LogP contribution in [-0.2, 0) is 27.4 Å². The second-order valence-corrected chi connectivity index (χ2v) is 8.08. The summed E-state index contributed by atoms with van der Waals surface area (Å²) in [6, 6.07) is 16.5. The van der Waals surface area contributed by atoms with Crippen molar-refractivity contribution in [2.24, 2.45) is 5.16 Å². The topological polar surface area (TPSA) is 68.2 Å². The summed E-state index contributed by atoms with van der Waals surface area (Å²) >= 11 is 3.31. The summed E-state index contributed by atoms with van der Waals surface area (Å²) in [6.45, 7) is 0.167. The smallest absolute Gasteiger partial charge is 0.415 e. The van der Waals surface area contributed by atoms with E-state index in [0.717, 1.165) is 21.4 Å². The number of hydrogen-bond donors (Lipinski definition) is 0. The standard InChI is InChI=1S/C22H21BrN2O4/c23-21-13-17(29-24-21)10-11-20(26)19-12-16-8-4-5-9-18(16)25(19)22(27)28-14-15-6-2-1-3-7-15/h1-9,17,19H,10-14H2. The number of fused-ring (bicyclic) bond motifs is 1. The number of oxime groups is 1. The van der Waals surface area contributed by atoms with Gasteiger partial charge in [0.05, 0.1) is 5.69 Å². The van der Waals surface area contributed by atoms with Crippen molar-refractivity contribution < 1.29 is 19.2 Å². The summed E-state index contributed by atoms with van der Waals surface area (Å²) in [5, 5.41) is 3.86. The summed E-state index contributed by atoms with van der Waals surface area (Å²) in [5.74, 6) is 0.00415. The summed E-state index contributed by atoms with van der Waals surface area (Å²) in [5.41, 5.74) is 2.62. The lowest BCUT2D eigenvalue weighted by atomic mass is 10.0. The van der Waals surface area contributed by atoms with Gasteiger partial charge in [0.15, 0.2) is 5.78 Å². The lowest BCUT2D eigenvalue weighted by Crippen LogP contribution is -2.43. The molecule has 2 aliphatic heterocycles. The maximum Gasteiger partial charge on any atom is 0.415 e. The number of hydrogen-bond acceptors (Lipinski definition) is 5. The van der Waals surface area contributed by atoms with E-state index in [1.807, 2.05) is 54.6 Å². The minimum atomic E-state index is -0.554. The number of carbonyl (C=O) groups is 2. The molecular weight excluding hydrogens is 436 g/mol. The molecule has 4 rings (SSSR count). The van der Waals surface area contributed by atoms with Gasteiger partial charge in [-0.1, -0.05) is 53.7 Å². The van der Waals surface area contributed by atoms with Gasteiger partial charge in [-0.25, -0.2) is 4.79 Å². The molecule has 0 bridgehead atoms. The average molecular weight is 457 g/mol. The molecule has 2 aromatic carbocycles. The van der Waals surface area contributed by atoms with E-state index in [1.54, 1.807) is 0 Å². The van der Waals surface area contributed by atoms with Crippen LogP contribution in [0, 0.1) is 0 Å². The van der Waals surface area contributed by atoms with Crippen molar-refractivity contribution in [1.82, 2.24) is 0 Å². The molecule has 150 valence electrons. The van der Waals surface area contributed by atoms with Gasteiger partial charge in [0.2, 0.25) is 0 Å². The number of ketones is 1. The minimum absolute atomic E-state index is 0.00415.